The number of aromatic amines is 1. The summed E-state index contributed by atoms with van der Waals surface area (Å²) < 4.78 is 13.6. The Balaban J connectivity index is 1.60. The fourth-order valence-electron chi connectivity index (χ4n) is 2.48. The Bertz CT molecular complexity index is 1080. The number of halogens is 1. The van der Waals surface area contributed by atoms with Gasteiger partial charge < -0.3 is 15.4 Å². The van der Waals surface area contributed by atoms with Gasteiger partial charge in [-0.2, -0.15) is 4.98 Å². The monoisotopic (exact) mass is 411 g/mol. The molecule has 0 spiro atoms. The molecule has 3 N–H and O–H groups in total. The first-order valence-electron chi connectivity index (χ1n) is 8.74. The van der Waals surface area contributed by atoms with Crippen molar-refractivity contribution in [3.8, 4) is 5.88 Å². The van der Waals surface area contributed by atoms with Gasteiger partial charge in [0.2, 0.25) is 11.8 Å². The van der Waals surface area contributed by atoms with E-state index in [0.29, 0.717) is 0 Å². The van der Waals surface area contributed by atoms with Crippen LogP contribution in [0.25, 0.3) is 6.08 Å². The van der Waals surface area contributed by atoms with Crippen LogP contribution in [0, 0.1) is 5.82 Å². The van der Waals surface area contributed by atoms with Crippen LogP contribution < -0.4 is 10.9 Å². The molecule has 0 aliphatic heterocycles. The summed E-state index contributed by atoms with van der Waals surface area (Å²) in [5.41, 5.74) is 0.705. The summed E-state index contributed by atoms with van der Waals surface area (Å²) in [7, 11) is 0. The molecule has 0 saturated carbocycles. The topological polar surface area (TPSA) is 95.1 Å². The number of nitrogens with one attached hydrogen (secondary N) is 2. The molecule has 148 valence electrons. The number of hydrogen-bond acceptors (Lipinski definition) is 5. The summed E-state index contributed by atoms with van der Waals surface area (Å²) in [5.74, 6) is -1.49. The van der Waals surface area contributed by atoms with Gasteiger partial charge in [-0.05, 0) is 17.7 Å². The lowest BCUT2D eigenvalue weighted by Gasteiger charge is -2.06. The maximum Gasteiger partial charge on any atom is 0.258 e. The summed E-state index contributed by atoms with van der Waals surface area (Å²) in [6.07, 6.45) is 3.81. The van der Waals surface area contributed by atoms with Crippen molar-refractivity contribution in [1.29, 1.82) is 0 Å². The molecule has 0 aliphatic carbocycles. The van der Waals surface area contributed by atoms with Crippen molar-refractivity contribution in [2.24, 2.45) is 0 Å². The summed E-state index contributed by atoms with van der Waals surface area (Å²) in [5, 5.41) is 12.6. The minimum Gasteiger partial charge on any atom is -0.493 e. The highest BCUT2D eigenvalue weighted by molar-refractivity contribution is 7.99. The molecule has 3 aromatic rings. The highest BCUT2D eigenvalue weighted by atomic mass is 32.2. The number of thioether (sulfide) groups is 1. The van der Waals surface area contributed by atoms with E-state index in [4.69, 9.17) is 0 Å². The number of aromatic hydroxyl groups is 1. The SMILES string of the molecule is O=C(CSc1nc(O)c(C/C=C/c2ccccc2)c(=O)[nH]1)Nc1ccccc1F. The van der Waals surface area contributed by atoms with Gasteiger partial charge in [0.1, 0.15) is 5.82 Å². The lowest BCUT2D eigenvalue weighted by Crippen LogP contribution is -2.17. The van der Waals surface area contributed by atoms with E-state index >= 15 is 0 Å². The number of para-hydroxylation sites is 1. The van der Waals surface area contributed by atoms with E-state index in [-0.39, 0.29) is 34.5 Å². The quantitative estimate of drug-likeness (QED) is 0.408. The molecule has 1 amide bonds. The predicted octanol–water partition coefficient (Wildman–Crippen LogP) is 3.60. The number of H-pyrrole nitrogens is 1. The third kappa shape index (κ3) is 5.79. The normalized spacial score (nSPS) is 10.9. The van der Waals surface area contributed by atoms with Gasteiger partial charge in [-0.3, -0.25) is 9.59 Å². The zero-order valence-corrected chi connectivity index (χ0v) is 16.1. The summed E-state index contributed by atoms with van der Waals surface area (Å²) in [6, 6.07) is 15.4. The number of nitrogens with zero attached hydrogens (tertiary/aromatic N) is 1. The summed E-state index contributed by atoms with van der Waals surface area (Å²) in [4.78, 5) is 30.7. The minimum absolute atomic E-state index is 0.0722. The van der Waals surface area contributed by atoms with Crippen LogP contribution in [0.15, 0.2) is 70.6 Å². The molecule has 29 heavy (non-hydrogen) atoms. The third-order valence-corrected chi connectivity index (χ3v) is 4.77. The number of amides is 1. The van der Waals surface area contributed by atoms with Gasteiger partial charge in [-0.1, -0.05) is 66.4 Å². The fraction of sp³-hybridized carbons (Fsp3) is 0.0952. The van der Waals surface area contributed by atoms with Crippen LogP contribution in [0.4, 0.5) is 10.1 Å². The first kappa shape index (κ1) is 20.3. The number of carbonyl (C=O) groups is 1. The van der Waals surface area contributed by atoms with E-state index in [1.54, 1.807) is 12.1 Å². The molecule has 6 nitrogen and oxygen atoms in total. The predicted molar refractivity (Wildman–Crippen MR) is 111 cm³/mol. The number of benzene rings is 2. The third-order valence-electron chi connectivity index (χ3n) is 3.89. The molecule has 0 atom stereocenters. The molecule has 0 fully saturated rings. The first-order chi connectivity index (χ1) is 14.0. The smallest absolute Gasteiger partial charge is 0.258 e. The van der Waals surface area contributed by atoms with Crippen molar-refractivity contribution in [2.75, 3.05) is 11.1 Å². The largest absolute Gasteiger partial charge is 0.493 e. The Morgan fingerprint density at radius 3 is 2.62 bits per heavy atom. The molecular formula is C21H18FN3O3S. The maximum atomic E-state index is 13.6. The highest BCUT2D eigenvalue weighted by Crippen LogP contribution is 2.18. The Kier molecular flexibility index (Phi) is 6.80. The average Bonchev–Trinajstić information content (AvgIpc) is 2.71. The number of hydrogen-bond donors (Lipinski definition) is 3. The fourth-order valence-corrected chi connectivity index (χ4v) is 3.13. The van der Waals surface area contributed by atoms with Gasteiger partial charge in [0.15, 0.2) is 5.16 Å². The van der Waals surface area contributed by atoms with Crippen LogP contribution >= 0.6 is 11.8 Å². The number of aromatic nitrogens is 2. The van der Waals surface area contributed by atoms with Gasteiger partial charge in [0.25, 0.3) is 5.56 Å². The molecule has 0 aliphatic rings. The molecule has 1 heterocycles. The zero-order valence-electron chi connectivity index (χ0n) is 15.3. The van der Waals surface area contributed by atoms with Crippen LogP contribution in [-0.2, 0) is 11.2 Å². The van der Waals surface area contributed by atoms with E-state index in [0.717, 1.165) is 17.3 Å². The Hall–Kier alpha value is -3.39. The first-order valence-corrected chi connectivity index (χ1v) is 9.72. The highest BCUT2D eigenvalue weighted by Gasteiger charge is 2.12. The van der Waals surface area contributed by atoms with Crippen LogP contribution in [-0.4, -0.2) is 26.7 Å². The van der Waals surface area contributed by atoms with E-state index in [9.17, 15) is 19.1 Å². The molecule has 0 radical (unpaired) electrons. The lowest BCUT2D eigenvalue weighted by molar-refractivity contribution is -0.113. The molecular weight excluding hydrogens is 393 g/mol. The van der Waals surface area contributed by atoms with Crippen molar-refractivity contribution in [3.05, 3.63) is 88.0 Å². The van der Waals surface area contributed by atoms with Crippen LogP contribution in [0.5, 0.6) is 5.88 Å². The molecule has 0 bridgehead atoms. The summed E-state index contributed by atoms with van der Waals surface area (Å²) in [6.45, 7) is 0. The number of rotatable bonds is 7. The molecule has 1 aromatic heterocycles. The van der Waals surface area contributed by atoms with Crippen molar-refractivity contribution >= 4 is 29.4 Å². The Morgan fingerprint density at radius 1 is 1.17 bits per heavy atom. The van der Waals surface area contributed by atoms with E-state index < -0.39 is 17.3 Å². The Labute approximate surface area is 170 Å². The van der Waals surface area contributed by atoms with E-state index in [2.05, 4.69) is 15.3 Å². The molecule has 2 aromatic carbocycles. The molecule has 0 saturated heterocycles. The average molecular weight is 411 g/mol. The van der Waals surface area contributed by atoms with Gasteiger partial charge in [0.05, 0.1) is 17.0 Å². The van der Waals surface area contributed by atoms with Gasteiger partial charge >= 0.3 is 0 Å². The number of anilines is 1. The second kappa shape index (κ2) is 9.70. The van der Waals surface area contributed by atoms with Gasteiger partial charge in [-0.15, -0.1) is 0 Å². The number of allylic oxidation sites excluding steroid dienone is 1. The lowest BCUT2D eigenvalue weighted by atomic mass is 10.1. The standard InChI is InChI=1S/C21H18FN3O3S/c22-16-11-4-5-12-17(16)23-18(26)13-29-21-24-19(27)15(20(28)25-21)10-6-9-14-7-2-1-3-8-14/h1-9,11-12H,10,13H2,(H,23,26)(H2,24,25,27,28)/b9-6+. The zero-order chi connectivity index (χ0) is 20.6. The molecule has 8 heteroatoms. The summed E-state index contributed by atoms with van der Waals surface area (Å²) >= 11 is 0.932. The van der Waals surface area contributed by atoms with Crippen molar-refractivity contribution in [1.82, 2.24) is 9.97 Å². The van der Waals surface area contributed by atoms with Gasteiger partial charge in [0, 0.05) is 6.42 Å². The minimum atomic E-state index is -0.539. The Morgan fingerprint density at radius 2 is 1.90 bits per heavy atom. The van der Waals surface area contributed by atoms with E-state index in [1.807, 2.05) is 36.4 Å². The van der Waals surface area contributed by atoms with Crippen LogP contribution in [0.3, 0.4) is 0 Å². The second-order valence-electron chi connectivity index (χ2n) is 6.01. The van der Waals surface area contributed by atoms with Crippen molar-refractivity contribution < 1.29 is 14.3 Å². The second-order valence-corrected chi connectivity index (χ2v) is 6.97. The van der Waals surface area contributed by atoms with Gasteiger partial charge in [-0.25, -0.2) is 4.39 Å². The van der Waals surface area contributed by atoms with Crippen LogP contribution in [0.2, 0.25) is 0 Å². The maximum absolute atomic E-state index is 13.6. The number of carbonyl (C=O) groups excluding carboxylic acids is 1. The van der Waals surface area contributed by atoms with Crippen LogP contribution in [0.1, 0.15) is 11.1 Å². The van der Waals surface area contributed by atoms with Crippen molar-refractivity contribution in [3.63, 3.8) is 0 Å². The molecule has 0 unspecified atom stereocenters. The van der Waals surface area contributed by atoms with E-state index in [1.165, 1.54) is 18.2 Å². The van der Waals surface area contributed by atoms with Crippen molar-refractivity contribution in [2.45, 2.75) is 11.6 Å². The molecule has 3 rings (SSSR count).